The number of nitro groups is 1. The lowest BCUT2D eigenvalue weighted by Crippen LogP contribution is -2.25. The normalized spacial score (nSPS) is 16.2. The van der Waals surface area contributed by atoms with Gasteiger partial charge in [-0.05, 0) is 32.4 Å². The van der Waals surface area contributed by atoms with Gasteiger partial charge in [-0.1, -0.05) is 24.3 Å². The second-order valence-electron chi connectivity index (χ2n) is 6.50. The monoisotopic (exact) mass is 379 g/mol. The van der Waals surface area contributed by atoms with E-state index in [4.69, 9.17) is 4.74 Å². The van der Waals surface area contributed by atoms with Crippen molar-refractivity contribution in [2.75, 3.05) is 6.61 Å². The van der Waals surface area contributed by atoms with Crippen LogP contribution in [0.3, 0.4) is 0 Å². The van der Waals surface area contributed by atoms with E-state index in [-0.39, 0.29) is 17.6 Å². The van der Waals surface area contributed by atoms with E-state index in [0.29, 0.717) is 23.4 Å². The molecule has 0 bridgehead atoms. The van der Waals surface area contributed by atoms with E-state index in [0.717, 1.165) is 17.0 Å². The number of nitrogens with zero attached hydrogens (tertiary/aromatic N) is 2. The number of dihydropyridines is 1. The summed E-state index contributed by atoms with van der Waals surface area (Å²) in [6.07, 6.45) is 3.66. The molecule has 1 aliphatic rings. The molecular formula is C21H21N3O4. The summed E-state index contributed by atoms with van der Waals surface area (Å²) in [5.41, 5.74) is 4.40. The second-order valence-corrected chi connectivity index (χ2v) is 6.50. The van der Waals surface area contributed by atoms with Crippen LogP contribution in [0, 0.1) is 10.1 Å². The summed E-state index contributed by atoms with van der Waals surface area (Å²) < 4.78 is 5.22. The minimum atomic E-state index is -0.431. The molecule has 2 aromatic rings. The van der Waals surface area contributed by atoms with Crippen molar-refractivity contribution in [1.29, 1.82) is 0 Å². The molecule has 1 unspecified atom stereocenters. The van der Waals surface area contributed by atoms with Crippen LogP contribution in [0.5, 0.6) is 0 Å². The molecule has 0 fully saturated rings. The van der Waals surface area contributed by atoms with Crippen LogP contribution in [0.15, 0.2) is 65.6 Å². The van der Waals surface area contributed by atoms with Gasteiger partial charge in [0.2, 0.25) is 0 Å². The summed E-state index contributed by atoms with van der Waals surface area (Å²) in [5.74, 6) is -0.629. The molecule has 1 aromatic carbocycles. The molecule has 7 heteroatoms. The van der Waals surface area contributed by atoms with E-state index in [1.807, 2.05) is 26.0 Å². The van der Waals surface area contributed by atoms with Crippen molar-refractivity contribution in [3.63, 3.8) is 0 Å². The molecule has 0 saturated carbocycles. The first-order valence-corrected chi connectivity index (χ1v) is 8.94. The first-order chi connectivity index (χ1) is 13.4. The lowest BCUT2D eigenvalue weighted by molar-refractivity contribution is -0.384. The highest BCUT2D eigenvalue weighted by Gasteiger charge is 2.28. The number of nitrogens with one attached hydrogen (secondary N) is 1. The zero-order valence-corrected chi connectivity index (χ0v) is 15.9. The number of carbonyl (C=O) groups is 1. The molecular weight excluding hydrogens is 358 g/mol. The van der Waals surface area contributed by atoms with Gasteiger partial charge in [0, 0.05) is 41.2 Å². The van der Waals surface area contributed by atoms with Gasteiger partial charge >= 0.3 is 5.97 Å². The Balaban J connectivity index is 1.95. The number of ether oxygens (including phenoxy) is 1. The topological polar surface area (TPSA) is 94.4 Å². The van der Waals surface area contributed by atoms with Crippen LogP contribution < -0.4 is 5.32 Å². The number of rotatable bonds is 5. The van der Waals surface area contributed by atoms with Gasteiger partial charge in [0.05, 0.1) is 22.8 Å². The van der Waals surface area contributed by atoms with Crippen molar-refractivity contribution < 1.29 is 14.5 Å². The quantitative estimate of drug-likeness (QED) is 0.478. The lowest BCUT2D eigenvalue weighted by Gasteiger charge is -2.25. The van der Waals surface area contributed by atoms with Crippen LogP contribution in [0.1, 0.15) is 32.3 Å². The van der Waals surface area contributed by atoms with E-state index in [1.165, 1.54) is 12.1 Å². The first-order valence-electron chi connectivity index (χ1n) is 8.94. The second kappa shape index (κ2) is 8.04. The number of non-ortho nitro benzene ring substituents is 1. The van der Waals surface area contributed by atoms with Gasteiger partial charge in [0.15, 0.2) is 0 Å². The predicted octanol–water partition coefficient (Wildman–Crippen LogP) is 4.08. The average molecular weight is 379 g/mol. The molecule has 144 valence electrons. The molecule has 0 saturated heterocycles. The number of hydrogen-bond acceptors (Lipinski definition) is 6. The number of carbonyl (C=O) groups excluding carboxylic acids is 1. The maximum Gasteiger partial charge on any atom is 0.336 e. The highest BCUT2D eigenvalue weighted by atomic mass is 16.6. The van der Waals surface area contributed by atoms with Gasteiger partial charge in [0.1, 0.15) is 0 Å². The van der Waals surface area contributed by atoms with Crippen molar-refractivity contribution in [1.82, 2.24) is 10.3 Å². The zero-order valence-electron chi connectivity index (χ0n) is 15.9. The molecule has 28 heavy (non-hydrogen) atoms. The highest BCUT2D eigenvalue weighted by molar-refractivity contribution is 5.92. The SMILES string of the molecule is CCOC(=O)C1=C(C)NC(C)=CC1c1ccc(-c2cccc([N+](=O)[O-])c2)nc1. The summed E-state index contributed by atoms with van der Waals surface area (Å²) in [5, 5.41) is 14.2. The van der Waals surface area contributed by atoms with Crippen molar-refractivity contribution in [3.05, 3.63) is 81.3 Å². The van der Waals surface area contributed by atoms with Crippen molar-refractivity contribution >= 4 is 11.7 Å². The molecule has 2 heterocycles. The van der Waals surface area contributed by atoms with Crippen LogP contribution in [-0.4, -0.2) is 22.5 Å². The summed E-state index contributed by atoms with van der Waals surface area (Å²) in [7, 11) is 0. The Morgan fingerprint density at radius 3 is 2.71 bits per heavy atom. The summed E-state index contributed by atoms with van der Waals surface area (Å²) in [6.45, 7) is 5.86. The number of aromatic nitrogens is 1. The largest absolute Gasteiger partial charge is 0.463 e. The Hall–Kier alpha value is -3.48. The Kier molecular flexibility index (Phi) is 5.54. The lowest BCUT2D eigenvalue weighted by atomic mass is 9.87. The van der Waals surface area contributed by atoms with Crippen molar-refractivity contribution in [2.24, 2.45) is 0 Å². The molecule has 1 aromatic heterocycles. The van der Waals surface area contributed by atoms with Crippen molar-refractivity contribution in [3.8, 4) is 11.3 Å². The molecule has 3 rings (SSSR count). The molecule has 1 aliphatic heterocycles. The molecule has 1 N–H and O–H groups in total. The third kappa shape index (κ3) is 3.93. The molecule has 0 radical (unpaired) electrons. The van der Waals surface area contributed by atoms with E-state index in [2.05, 4.69) is 10.3 Å². The number of pyridine rings is 1. The fourth-order valence-electron chi connectivity index (χ4n) is 3.26. The van der Waals surface area contributed by atoms with Gasteiger partial charge in [0.25, 0.3) is 5.69 Å². The van der Waals surface area contributed by atoms with Gasteiger partial charge in [-0.3, -0.25) is 15.1 Å². The Labute approximate surface area is 162 Å². The maximum atomic E-state index is 12.5. The molecule has 1 atom stereocenters. The summed E-state index contributed by atoms with van der Waals surface area (Å²) in [6, 6.07) is 10.0. The summed E-state index contributed by atoms with van der Waals surface area (Å²) in [4.78, 5) is 27.5. The molecule has 0 amide bonds. The van der Waals surface area contributed by atoms with Gasteiger partial charge in [-0.15, -0.1) is 0 Å². The summed E-state index contributed by atoms with van der Waals surface area (Å²) >= 11 is 0. The number of allylic oxidation sites excluding steroid dienone is 3. The first kappa shape index (κ1) is 19.3. The third-order valence-electron chi connectivity index (χ3n) is 4.51. The molecule has 7 nitrogen and oxygen atoms in total. The Bertz CT molecular complexity index is 977. The number of esters is 1. The smallest absolute Gasteiger partial charge is 0.336 e. The zero-order chi connectivity index (χ0) is 20.3. The van der Waals surface area contributed by atoms with Gasteiger partial charge < -0.3 is 10.1 Å². The molecule has 0 spiro atoms. The van der Waals surface area contributed by atoms with E-state index >= 15 is 0 Å². The van der Waals surface area contributed by atoms with Crippen LogP contribution in [0.2, 0.25) is 0 Å². The Morgan fingerprint density at radius 1 is 1.29 bits per heavy atom. The van der Waals surface area contributed by atoms with E-state index in [1.54, 1.807) is 31.3 Å². The maximum absolute atomic E-state index is 12.5. The average Bonchev–Trinajstić information content (AvgIpc) is 2.67. The number of hydrogen-bond donors (Lipinski definition) is 1. The van der Waals surface area contributed by atoms with Gasteiger partial charge in [-0.25, -0.2) is 4.79 Å². The molecule has 0 aliphatic carbocycles. The van der Waals surface area contributed by atoms with Crippen LogP contribution in [-0.2, 0) is 9.53 Å². The number of benzene rings is 1. The van der Waals surface area contributed by atoms with Crippen LogP contribution in [0.4, 0.5) is 5.69 Å². The highest BCUT2D eigenvalue weighted by Crippen LogP contribution is 2.33. The van der Waals surface area contributed by atoms with E-state index < -0.39 is 4.92 Å². The van der Waals surface area contributed by atoms with Crippen LogP contribution in [0.25, 0.3) is 11.3 Å². The fraction of sp³-hybridized carbons (Fsp3) is 0.238. The Morgan fingerprint density at radius 2 is 2.07 bits per heavy atom. The third-order valence-corrected chi connectivity index (χ3v) is 4.51. The minimum absolute atomic E-state index is 0.0171. The van der Waals surface area contributed by atoms with Crippen molar-refractivity contribution in [2.45, 2.75) is 26.7 Å². The number of nitro benzene ring substituents is 1. The predicted molar refractivity (Wildman–Crippen MR) is 105 cm³/mol. The standard InChI is InChI=1S/C21H21N3O4/c1-4-28-21(25)20-14(3)23-13(2)10-18(20)16-8-9-19(22-12-16)15-6-5-7-17(11-15)24(26)27/h5-12,18,23H,4H2,1-3H3. The minimum Gasteiger partial charge on any atom is -0.463 e. The van der Waals surface area contributed by atoms with Gasteiger partial charge in [-0.2, -0.15) is 0 Å². The van der Waals surface area contributed by atoms with E-state index in [9.17, 15) is 14.9 Å². The fourth-order valence-corrected chi connectivity index (χ4v) is 3.26. The van der Waals surface area contributed by atoms with Crippen LogP contribution >= 0.6 is 0 Å².